The predicted molar refractivity (Wildman–Crippen MR) is 78.3 cm³/mol. The topological polar surface area (TPSA) is 64.4 Å². The lowest BCUT2D eigenvalue weighted by molar-refractivity contribution is 0.160. The van der Waals surface area contributed by atoms with Crippen molar-refractivity contribution in [2.75, 3.05) is 12.8 Å². The molecule has 0 bridgehead atoms. The second-order valence-electron chi connectivity index (χ2n) is 5.14. The Hall–Kier alpha value is -1.86. The number of hydrogen-bond donors (Lipinski definition) is 0. The maximum atomic E-state index is 11.9. The lowest BCUT2D eigenvalue weighted by Gasteiger charge is -2.22. The molecule has 1 aliphatic heterocycles. The van der Waals surface area contributed by atoms with Crippen LogP contribution in [0.15, 0.2) is 42.9 Å². The minimum atomic E-state index is -3.27. The van der Waals surface area contributed by atoms with E-state index in [2.05, 4.69) is 4.98 Å². The fraction of sp³-hybridized carbons (Fsp3) is 0.357. The van der Waals surface area contributed by atoms with E-state index in [-0.39, 0.29) is 6.10 Å². The van der Waals surface area contributed by atoms with E-state index >= 15 is 0 Å². The van der Waals surface area contributed by atoms with Crippen LogP contribution in [0.5, 0.6) is 5.75 Å². The fourth-order valence-electron chi connectivity index (χ4n) is 2.46. The molecule has 0 N–H and O–H groups in total. The van der Waals surface area contributed by atoms with Crippen molar-refractivity contribution in [3.8, 4) is 5.75 Å². The van der Waals surface area contributed by atoms with E-state index in [1.54, 1.807) is 18.5 Å². The van der Waals surface area contributed by atoms with Gasteiger partial charge < -0.3 is 9.30 Å². The molecular weight excluding hydrogens is 290 g/mol. The molecule has 0 spiro atoms. The molecule has 1 aliphatic rings. The fourth-order valence-corrected chi connectivity index (χ4v) is 3.26. The van der Waals surface area contributed by atoms with Gasteiger partial charge >= 0.3 is 0 Å². The molecule has 21 heavy (non-hydrogen) atoms. The van der Waals surface area contributed by atoms with Gasteiger partial charge in [-0.2, -0.15) is 4.31 Å². The van der Waals surface area contributed by atoms with Gasteiger partial charge in [-0.15, -0.1) is 0 Å². The third kappa shape index (κ3) is 3.25. The van der Waals surface area contributed by atoms with Gasteiger partial charge in [0.1, 0.15) is 11.9 Å². The number of fused-ring (bicyclic) bond motifs is 1. The van der Waals surface area contributed by atoms with Crippen LogP contribution in [0.1, 0.15) is 5.69 Å². The summed E-state index contributed by atoms with van der Waals surface area (Å²) in [5.41, 5.74) is 0.970. The summed E-state index contributed by atoms with van der Waals surface area (Å²) in [7, 11) is -3.27. The van der Waals surface area contributed by atoms with Gasteiger partial charge in [0.25, 0.3) is 0 Å². The summed E-state index contributed by atoms with van der Waals surface area (Å²) in [4.78, 5) is 4.01. The summed E-state index contributed by atoms with van der Waals surface area (Å²) in [5.74, 6) is 0.645. The van der Waals surface area contributed by atoms with E-state index in [0.29, 0.717) is 25.4 Å². The summed E-state index contributed by atoms with van der Waals surface area (Å²) in [5, 5.41) is 0. The van der Waals surface area contributed by atoms with Crippen molar-refractivity contribution in [1.82, 2.24) is 13.9 Å². The SMILES string of the molecule is CS(=O)(=O)N1Cc2cccn2C[C@@H](Oc2cccnc2)C1. The summed E-state index contributed by atoms with van der Waals surface area (Å²) in [6.07, 6.45) is 6.23. The molecule has 1 atom stereocenters. The monoisotopic (exact) mass is 307 g/mol. The number of hydrogen-bond acceptors (Lipinski definition) is 4. The quantitative estimate of drug-likeness (QED) is 0.852. The van der Waals surface area contributed by atoms with Gasteiger partial charge in [-0.05, 0) is 24.3 Å². The molecule has 0 saturated heterocycles. The second-order valence-corrected chi connectivity index (χ2v) is 7.12. The minimum absolute atomic E-state index is 0.252. The predicted octanol–water partition coefficient (Wildman–Crippen LogP) is 1.11. The molecule has 0 amide bonds. The van der Waals surface area contributed by atoms with Gasteiger partial charge in [-0.1, -0.05) is 0 Å². The van der Waals surface area contributed by atoms with Crippen molar-refractivity contribution in [3.63, 3.8) is 0 Å². The Morgan fingerprint density at radius 1 is 1.29 bits per heavy atom. The van der Waals surface area contributed by atoms with Crippen LogP contribution in [0.3, 0.4) is 0 Å². The zero-order valence-corrected chi connectivity index (χ0v) is 12.5. The van der Waals surface area contributed by atoms with Gasteiger partial charge in [0.2, 0.25) is 10.0 Å². The molecule has 112 valence electrons. The maximum Gasteiger partial charge on any atom is 0.211 e. The van der Waals surface area contributed by atoms with Gasteiger partial charge in [0, 0.05) is 18.1 Å². The first-order chi connectivity index (χ1) is 10.0. The van der Waals surface area contributed by atoms with Gasteiger partial charge in [-0.25, -0.2) is 8.42 Å². The average molecular weight is 307 g/mol. The van der Waals surface area contributed by atoms with Gasteiger partial charge in [0.05, 0.1) is 32.1 Å². The first-order valence-corrected chi connectivity index (χ1v) is 8.53. The number of sulfonamides is 1. The van der Waals surface area contributed by atoms with Crippen molar-refractivity contribution >= 4 is 10.0 Å². The molecule has 3 heterocycles. The Morgan fingerprint density at radius 3 is 2.86 bits per heavy atom. The van der Waals surface area contributed by atoms with Crippen LogP contribution in [-0.2, 0) is 23.1 Å². The molecule has 2 aromatic heterocycles. The number of aromatic nitrogens is 2. The summed E-state index contributed by atoms with van der Waals surface area (Å²) < 4.78 is 33.2. The van der Waals surface area contributed by atoms with Crippen LogP contribution in [0.4, 0.5) is 0 Å². The molecular formula is C14H17N3O3S. The summed E-state index contributed by atoms with van der Waals surface area (Å²) in [6.45, 7) is 1.32. The first kappa shape index (κ1) is 14.1. The molecule has 0 aliphatic carbocycles. The van der Waals surface area contributed by atoms with Crippen molar-refractivity contribution in [2.24, 2.45) is 0 Å². The largest absolute Gasteiger partial charge is 0.486 e. The van der Waals surface area contributed by atoms with Crippen molar-refractivity contribution in [2.45, 2.75) is 19.2 Å². The van der Waals surface area contributed by atoms with Crippen LogP contribution in [0, 0.1) is 0 Å². The smallest absolute Gasteiger partial charge is 0.211 e. The first-order valence-electron chi connectivity index (χ1n) is 6.68. The molecule has 0 saturated carbocycles. The Kier molecular flexibility index (Phi) is 3.69. The van der Waals surface area contributed by atoms with Crippen molar-refractivity contribution in [3.05, 3.63) is 48.5 Å². The molecule has 3 rings (SSSR count). The van der Waals surface area contributed by atoms with Crippen LogP contribution < -0.4 is 4.74 Å². The highest BCUT2D eigenvalue weighted by Gasteiger charge is 2.28. The summed E-state index contributed by atoms with van der Waals surface area (Å²) >= 11 is 0. The number of pyridine rings is 1. The molecule has 7 heteroatoms. The number of ether oxygens (including phenoxy) is 1. The second kappa shape index (κ2) is 5.50. The van der Waals surface area contributed by atoms with Crippen molar-refractivity contribution < 1.29 is 13.2 Å². The van der Waals surface area contributed by atoms with Crippen LogP contribution >= 0.6 is 0 Å². The third-order valence-corrected chi connectivity index (χ3v) is 4.69. The summed E-state index contributed by atoms with van der Waals surface area (Å²) in [6, 6.07) is 7.47. The molecule has 6 nitrogen and oxygen atoms in total. The maximum absolute atomic E-state index is 11.9. The highest BCUT2D eigenvalue weighted by molar-refractivity contribution is 7.88. The zero-order valence-electron chi connectivity index (χ0n) is 11.7. The van der Waals surface area contributed by atoms with Crippen molar-refractivity contribution in [1.29, 1.82) is 0 Å². The van der Waals surface area contributed by atoms with E-state index in [0.717, 1.165) is 5.69 Å². The van der Waals surface area contributed by atoms with Crippen LogP contribution in [0.25, 0.3) is 0 Å². The number of nitrogens with zero attached hydrogens (tertiary/aromatic N) is 3. The van der Waals surface area contributed by atoms with E-state index in [1.165, 1.54) is 10.6 Å². The number of rotatable bonds is 3. The van der Waals surface area contributed by atoms with Crippen LogP contribution in [0.2, 0.25) is 0 Å². The molecule has 0 radical (unpaired) electrons. The van der Waals surface area contributed by atoms with E-state index in [9.17, 15) is 8.42 Å². The van der Waals surface area contributed by atoms with Gasteiger partial charge in [0.15, 0.2) is 0 Å². The lowest BCUT2D eigenvalue weighted by Crippen LogP contribution is -2.38. The molecule has 0 fully saturated rings. The minimum Gasteiger partial charge on any atom is -0.486 e. The van der Waals surface area contributed by atoms with Gasteiger partial charge in [-0.3, -0.25) is 4.98 Å². The highest BCUT2D eigenvalue weighted by atomic mass is 32.2. The Bertz CT molecular complexity index is 712. The standard InChI is InChI=1S/C14H17N3O3S/c1-21(18,19)17-9-12-4-3-7-16(12)10-14(11-17)20-13-5-2-6-15-8-13/h2-8,14H,9-11H2,1H3/t14-/m1/s1. The van der Waals surface area contributed by atoms with E-state index in [4.69, 9.17) is 4.74 Å². The van der Waals surface area contributed by atoms with E-state index < -0.39 is 10.0 Å². The highest BCUT2D eigenvalue weighted by Crippen LogP contribution is 2.19. The zero-order chi connectivity index (χ0) is 14.9. The molecule has 2 aromatic rings. The third-order valence-electron chi connectivity index (χ3n) is 3.48. The molecule has 0 unspecified atom stereocenters. The van der Waals surface area contributed by atoms with E-state index in [1.807, 2.05) is 29.0 Å². The average Bonchev–Trinajstić information content (AvgIpc) is 2.78. The normalized spacial score (nSPS) is 19.8. The Labute approximate surface area is 124 Å². The molecule has 0 aromatic carbocycles. The Balaban J connectivity index is 1.87. The Morgan fingerprint density at radius 2 is 2.14 bits per heavy atom. The lowest BCUT2D eigenvalue weighted by atomic mass is 10.3. The van der Waals surface area contributed by atoms with Crippen LogP contribution in [-0.4, -0.2) is 41.2 Å².